The number of halogens is 4. The molecule has 2 rings (SSSR count). The molecule has 1 heterocycles. The van der Waals surface area contributed by atoms with E-state index in [0.717, 1.165) is 18.3 Å². The fourth-order valence-corrected chi connectivity index (χ4v) is 1.35. The summed E-state index contributed by atoms with van der Waals surface area (Å²) in [5.74, 6) is -4.45. The fourth-order valence-electron chi connectivity index (χ4n) is 1.35. The van der Waals surface area contributed by atoms with E-state index in [-0.39, 0.29) is 5.56 Å². The summed E-state index contributed by atoms with van der Waals surface area (Å²) in [6.45, 7) is 0. The molecule has 0 saturated heterocycles. The average molecular weight is 227 g/mol. The van der Waals surface area contributed by atoms with Gasteiger partial charge in [0.2, 0.25) is 0 Å². The molecule has 0 spiro atoms. The maximum atomic E-state index is 13.3. The van der Waals surface area contributed by atoms with E-state index in [1.54, 1.807) is 0 Å². The quantitative estimate of drug-likeness (QED) is 0.538. The third-order valence-electron chi connectivity index (χ3n) is 2.06. The van der Waals surface area contributed by atoms with Crippen LogP contribution in [0.1, 0.15) is 0 Å². The van der Waals surface area contributed by atoms with Crippen molar-refractivity contribution in [1.29, 1.82) is 0 Å². The van der Waals surface area contributed by atoms with Gasteiger partial charge in [0.05, 0.1) is 6.20 Å². The van der Waals surface area contributed by atoms with Crippen LogP contribution in [0, 0.1) is 23.3 Å². The standard InChI is InChI=1S/C11H5F4N/c12-6-3-8(11(15)9(13)4-6)7-1-2-16-5-10(7)14/h1-5H. The Kier molecular flexibility index (Phi) is 2.60. The lowest BCUT2D eigenvalue weighted by Crippen LogP contribution is -1.94. The van der Waals surface area contributed by atoms with Gasteiger partial charge in [0.25, 0.3) is 0 Å². The molecule has 0 amide bonds. The van der Waals surface area contributed by atoms with E-state index in [2.05, 4.69) is 4.98 Å². The highest BCUT2D eigenvalue weighted by Crippen LogP contribution is 2.27. The molecule has 0 fully saturated rings. The van der Waals surface area contributed by atoms with Gasteiger partial charge in [0, 0.05) is 23.4 Å². The summed E-state index contributed by atoms with van der Waals surface area (Å²) < 4.78 is 52.3. The number of rotatable bonds is 1. The van der Waals surface area contributed by atoms with Gasteiger partial charge in [0.15, 0.2) is 11.6 Å². The molecule has 1 nitrogen and oxygen atoms in total. The van der Waals surface area contributed by atoms with Crippen LogP contribution in [0.4, 0.5) is 17.6 Å². The largest absolute Gasteiger partial charge is 0.262 e. The minimum absolute atomic E-state index is 0.231. The van der Waals surface area contributed by atoms with Crippen molar-refractivity contribution in [2.75, 3.05) is 0 Å². The molecule has 1 aromatic heterocycles. The minimum atomic E-state index is -1.36. The molecule has 0 bridgehead atoms. The molecule has 0 unspecified atom stereocenters. The summed E-state index contributed by atoms with van der Waals surface area (Å²) in [5.41, 5.74) is -0.691. The zero-order valence-corrected chi connectivity index (χ0v) is 7.85. The van der Waals surface area contributed by atoms with Crippen LogP contribution in [-0.2, 0) is 0 Å². The molecule has 0 atom stereocenters. The predicted molar refractivity (Wildman–Crippen MR) is 49.5 cm³/mol. The molecule has 0 aliphatic rings. The summed E-state index contributed by atoms with van der Waals surface area (Å²) in [4.78, 5) is 3.46. The number of hydrogen-bond donors (Lipinski definition) is 0. The average Bonchev–Trinajstić information content (AvgIpc) is 2.24. The predicted octanol–water partition coefficient (Wildman–Crippen LogP) is 3.31. The molecule has 0 aliphatic carbocycles. The lowest BCUT2D eigenvalue weighted by molar-refractivity contribution is 0.496. The zero-order chi connectivity index (χ0) is 11.7. The van der Waals surface area contributed by atoms with Gasteiger partial charge in [0.1, 0.15) is 11.6 Å². The van der Waals surface area contributed by atoms with E-state index >= 15 is 0 Å². The van der Waals surface area contributed by atoms with Crippen LogP contribution in [0.2, 0.25) is 0 Å². The first-order chi connectivity index (χ1) is 7.59. The number of pyridine rings is 1. The lowest BCUT2D eigenvalue weighted by atomic mass is 10.1. The Bertz CT molecular complexity index is 540. The Balaban J connectivity index is 2.69. The molecule has 0 saturated carbocycles. The summed E-state index contributed by atoms with van der Waals surface area (Å²) in [5, 5.41) is 0. The van der Waals surface area contributed by atoms with Crippen LogP contribution in [0.15, 0.2) is 30.6 Å². The highest BCUT2D eigenvalue weighted by Gasteiger charge is 2.15. The van der Waals surface area contributed by atoms with Crippen LogP contribution < -0.4 is 0 Å². The third kappa shape index (κ3) is 1.76. The molecule has 0 aliphatic heterocycles. The van der Waals surface area contributed by atoms with Crippen molar-refractivity contribution in [3.63, 3.8) is 0 Å². The zero-order valence-electron chi connectivity index (χ0n) is 7.85. The summed E-state index contributed by atoms with van der Waals surface area (Å²) in [6.07, 6.45) is 2.05. The van der Waals surface area contributed by atoms with Gasteiger partial charge in [-0.2, -0.15) is 0 Å². The van der Waals surface area contributed by atoms with Crippen LogP contribution in [0.3, 0.4) is 0 Å². The van der Waals surface area contributed by atoms with Gasteiger partial charge in [-0.25, -0.2) is 17.6 Å². The smallest absolute Gasteiger partial charge is 0.166 e. The molecule has 5 heteroatoms. The van der Waals surface area contributed by atoms with Crippen LogP contribution in [-0.4, -0.2) is 4.98 Å². The van der Waals surface area contributed by atoms with Crippen LogP contribution >= 0.6 is 0 Å². The van der Waals surface area contributed by atoms with Gasteiger partial charge in [-0.3, -0.25) is 4.98 Å². The first-order valence-corrected chi connectivity index (χ1v) is 4.34. The fraction of sp³-hybridized carbons (Fsp3) is 0. The van der Waals surface area contributed by atoms with E-state index < -0.39 is 28.8 Å². The monoisotopic (exact) mass is 227 g/mol. The van der Waals surface area contributed by atoms with E-state index in [0.29, 0.717) is 6.07 Å². The SMILES string of the molecule is Fc1cc(F)c(F)c(-c2ccncc2F)c1. The van der Waals surface area contributed by atoms with Crippen molar-refractivity contribution < 1.29 is 17.6 Å². The Labute approximate surface area is 88.4 Å². The Morgan fingerprint density at radius 2 is 1.62 bits per heavy atom. The molecular formula is C11H5F4N. The van der Waals surface area contributed by atoms with E-state index in [1.165, 1.54) is 6.20 Å². The van der Waals surface area contributed by atoms with Gasteiger partial charge >= 0.3 is 0 Å². The van der Waals surface area contributed by atoms with E-state index in [9.17, 15) is 17.6 Å². The molecule has 0 N–H and O–H groups in total. The Morgan fingerprint density at radius 1 is 0.875 bits per heavy atom. The van der Waals surface area contributed by atoms with E-state index in [4.69, 9.17) is 0 Å². The number of hydrogen-bond acceptors (Lipinski definition) is 1. The van der Waals surface area contributed by atoms with Crippen molar-refractivity contribution in [2.24, 2.45) is 0 Å². The molecule has 0 radical (unpaired) electrons. The first kappa shape index (κ1) is 10.6. The summed E-state index contributed by atoms with van der Waals surface area (Å²) in [6, 6.07) is 2.28. The molecule has 82 valence electrons. The maximum absolute atomic E-state index is 13.3. The third-order valence-corrected chi connectivity index (χ3v) is 2.06. The van der Waals surface area contributed by atoms with Crippen molar-refractivity contribution in [1.82, 2.24) is 4.98 Å². The van der Waals surface area contributed by atoms with Gasteiger partial charge < -0.3 is 0 Å². The lowest BCUT2D eigenvalue weighted by Gasteiger charge is -2.05. The Hall–Kier alpha value is -1.91. The first-order valence-electron chi connectivity index (χ1n) is 4.34. The normalized spacial score (nSPS) is 10.5. The maximum Gasteiger partial charge on any atom is 0.166 e. The number of nitrogens with zero attached hydrogens (tertiary/aromatic N) is 1. The molecule has 1 aromatic carbocycles. The minimum Gasteiger partial charge on any atom is -0.262 e. The number of aromatic nitrogens is 1. The van der Waals surface area contributed by atoms with Gasteiger partial charge in [-0.05, 0) is 12.1 Å². The van der Waals surface area contributed by atoms with Crippen LogP contribution in [0.25, 0.3) is 11.1 Å². The van der Waals surface area contributed by atoms with Crippen molar-refractivity contribution in [2.45, 2.75) is 0 Å². The second-order valence-electron chi connectivity index (χ2n) is 3.10. The molecule has 2 aromatic rings. The highest BCUT2D eigenvalue weighted by atomic mass is 19.2. The highest BCUT2D eigenvalue weighted by molar-refractivity contribution is 5.64. The van der Waals surface area contributed by atoms with Crippen molar-refractivity contribution >= 4 is 0 Å². The van der Waals surface area contributed by atoms with Gasteiger partial charge in [-0.1, -0.05) is 0 Å². The summed E-state index contributed by atoms with van der Waals surface area (Å²) in [7, 11) is 0. The van der Waals surface area contributed by atoms with Gasteiger partial charge in [-0.15, -0.1) is 0 Å². The van der Waals surface area contributed by atoms with Crippen LogP contribution in [0.5, 0.6) is 0 Å². The second-order valence-corrected chi connectivity index (χ2v) is 3.10. The van der Waals surface area contributed by atoms with Crippen molar-refractivity contribution in [3.8, 4) is 11.1 Å². The molecular weight excluding hydrogens is 222 g/mol. The van der Waals surface area contributed by atoms with E-state index in [1.807, 2.05) is 0 Å². The topological polar surface area (TPSA) is 12.9 Å². The Morgan fingerprint density at radius 3 is 2.31 bits per heavy atom. The second kappa shape index (κ2) is 3.92. The summed E-state index contributed by atoms with van der Waals surface area (Å²) >= 11 is 0. The number of benzene rings is 1. The van der Waals surface area contributed by atoms with Crippen molar-refractivity contribution in [3.05, 3.63) is 53.9 Å². The molecule has 16 heavy (non-hydrogen) atoms.